The topological polar surface area (TPSA) is 54.5 Å². The van der Waals surface area contributed by atoms with Crippen LogP contribution in [0, 0.1) is 6.92 Å². The lowest BCUT2D eigenvalue weighted by Crippen LogP contribution is -2.38. The second-order valence-electron chi connectivity index (χ2n) is 4.91. The first kappa shape index (κ1) is 20.6. The van der Waals surface area contributed by atoms with E-state index in [0.29, 0.717) is 0 Å². The molecule has 1 aromatic rings. The quantitative estimate of drug-likeness (QED) is 0.900. The zero-order valence-electron chi connectivity index (χ0n) is 12.7. The summed E-state index contributed by atoms with van der Waals surface area (Å²) in [6.45, 7) is 5.69. The Morgan fingerprint density at radius 3 is 2.71 bits per heavy atom. The van der Waals surface area contributed by atoms with Gasteiger partial charge in [0.1, 0.15) is 16.0 Å². The number of rotatable bonds is 4. The van der Waals surface area contributed by atoms with Gasteiger partial charge in [-0.15, -0.1) is 36.2 Å². The first-order valence-corrected chi connectivity index (χ1v) is 7.34. The van der Waals surface area contributed by atoms with E-state index in [9.17, 15) is 4.79 Å². The van der Waals surface area contributed by atoms with Crippen molar-refractivity contribution in [1.82, 2.24) is 15.2 Å². The summed E-state index contributed by atoms with van der Waals surface area (Å²) in [5, 5.41) is 4.14. The van der Waals surface area contributed by atoms with E-state index < -0.39 is 0 Å². The number of hydrogen-bond donors (Lipinski definition) is 1. The summed E-state index contributed by atoms with van der Waals surface area (Å²) in [4.78, 5) is 19.5. The summed E-state index contributed by atoms with van der Waals surface area (Å²) >= 11 is 1.44. The number of amides is 1. The average molecular weight is 356 g/mol. The molecule has 2 unspecified atom stereocenters. The van der Waals surface area contributed by atoms with Crippen LogP contribution in [0.3, 0.4) is 0 Å². The number of methoxy groups -OCH3 is 1. The highest BCUT2D eigenvalue weighted by Crippen LogP contribution is 2.26. The molecule has 2 atom stereocenters. The Hall–Kier alpha value is -0.400. The Morgan fingerprint density at radius 1 is 1.52 bits per heavy atom. The van der Waals surface area contributed by atoms with Gasteiger partial charge < -0.3 is 15.0 Å². The van der Waals surface area contributed by atoms with Crippen LogP contribution >= 0.6 is 36.2 Å². The SMILES string of the molecule is COC(C)c1nc(C)c(C(=O)N(C)C2CCNC2)s1.Cl.Cl. The minimum atomic E-state index is -0.0660. The van der Waals surface area contributed by atoms with Gasteiger partial charge >= 0.3 is 0 Å². The molecule has 5 nitrogen and oxygen atoms in total. The molecule has 1 aliphatic rings. The number of likely N-dealkylation sites (N-methyl/N-ethyl adjacent to an activating group) is 1. The Bertz CT molecular complexity index is 464. The number of aromatic nitrogens is 1. The van der Waals surface area contributed by atoms with E-state index in [1.807, 2.05) is 25.8 Å². The lowest BCUT2D eigenvalue weighted by atomic mass is 10.2. The van der Waals surface area contributed by atoms with Gasteiger partial charge in [0.05, 0.1) is 5.69 Å². The van der Waals surface area contributed by atoms with Crippen molar-refractivity contribution in [2.24, 2.45) is 0 Å². The summed E-state index contributed by atoms with van der Waals surface area (Å²) in [6, 6.07) is 0.289. The average Bonchev–Trinajstić information content (AvgIpc) is 3.05. The monoisotopic (exact) mass is 355 g/mol. The number of carbonyl (C=O) groups excluding carboxylic acids is 1. The Labute approximate surface area is 142 Å². The van der Waals surface area contributed by atoms with Gasteiger partial charge in [0.2, 0.25) is 0 Å². The third-order valence-electron chi connectivity index (χ3n) is 3.61. The highest BCUT2D eigenvalue weighted by Gasteiger charge is 2.27. The van der Waals surface area contributed by atoms with E-state index in [-0.39, 0.29) is 42.9 Å². The van der Waals surface area contributed by atoms with Crippen molar-refractivity contribution >= 4 is 42.1 Å². The molecule has 1 amide bonds. The van der Waals surface area contributed by atoms with Crippen LogP contribution in [0.2, 0.25) is 0 Å². The van der Waals surface area contributed by atoms with Crippen molar-refractivity contribution in [3.8, 4) is 0 Å². The number of halogens is 2. The predicted octanol–water partition coefficient (Wildman–Crippen LogP) is 2.44. The maximum absolute atomic E-state index is 12.5. The Kier molecular flexibility index (Phi) is 8.73. The smallest absolute Gasteiger partial charge is 0.265 e. The largest absolute Gasteiger partial charge is 0.375 e. The Morgan fingerprint density at radius 2 is 2.19 bits per heavy atom. The maximum atomic E-state index is 12.5. The molecular formula is C13H23Cl2N3O2S. The van der Waals surface area contributed by atoms with Crippen LogP contribution in [0.25, 0.3) is 0 Å². The molecule has 0 saturated carbocycles. The lowest BCUT2D eigenvalue weighted by molar-refractivity contribution is 0.0747. The van der Waals surface area contributed by atoms with Crippen LogP contribution in [-0.2, 0) is 4.74 Å². The van der Waals surface area contributed by atoms with Crippen molar-refractivity contribution in [3.05, 3.63) is 15.6 Å². The summed E-state index contributed by atoms with van der Waals surface area (Å²) in [5.74, 6) is 0.0678. The molecule has 1 aromatic heterocycles. The first-order valence-electron chi connectivity index (χ1n) is 6.52. The van der Waals surface area contributed by atoms with E-state index in [2.05, 4.69) is 10.3 Å². The van der Waals surface area contributed by atoms with E-state index >= 15 is 0 Å². The highest BCUT2D eigenvalue weighted by atomic mass is 35.5. The molecule has 21 heavy (non-hydrogen) atoms. The third kappa shape index (κ3) is 4.53. The molecule has 2 rings (SSSR count). The summed E-state index contributed by atoms with van der Waals surface area (Å²) in [5.41, 5.74) is 0.798. The molecule has 1 saturated heterocycles. The molecule has 0 bridgehead atoms. The zero-order valence-corrected chi connectivity index (χ0v) is 15.2. The number of aryl methyl sites for hydroxylation is 1. The molecule has 1 aliphatic heterocycles. The van der Waals surface area contributed by atoms with Crippen LogP contribution in [0.15, 0.2) is 0 Å². The number of nitrogens with one attached hydrogen (secondary N) is 1. The molecular weight excluding hydrogens is 333 g/mol. The third-order valence-corrected chi connectivity index (χ3v) is 4.92. The number of hydrogen-bond acceptors (Lipinski definition) is 5. The van der Waals surface area contributed by atoms with Crippen molar-refractivity contribution < 1.29 is 9.53 Å². The predicted molar refractivity (Wildman–Crippen MR) is 90.1 cm³/mol. The summed E-state index contributed by atoms with van der Waals surface area (Å²) in [6.07, 6.45) is 0.949. The molecule has 0 aliphatic carbocycles. The van der Waals surface area contributed by atoms with E-state index in [4.69, 9.17) is 4.74 Å². The fourth-order valence-electron chi connectivity index (χ4n) is 2.19. The minimum absolute atomic E-state index is 0. The first-order chi connectivity index (χ1) is 9.04. The van der Waals surface area contributed by atoms with Gasteiger partial charge in [0.15, 0.2) is 0 Å². The molecule has 1 fully saturated rings. The van der Waals surface area contributed by atoms with Crippen LogP contribution in [0.5, 0.6) is 0 Å². The molecule has 2 heterocycles. The van der Waals surface area contributed by atoms with Gasteiger partial charge in [0, 0.05) is 26.7 Å². The van der Waals surface area contributed by atoms with Gasteiger partial charge in [-0.1, -0.05) is 0 Å². The number of ether oxygens (including phenoxy) is 1. The standard InChI is InChI=1S/C13H21N3O2S.2ClH/c1-8-11(19-12(15-8)9(2)18-4)13(17)16(3)10-5-6-14-7-10;;/h9-10,14H,5-7H2,1-4H3;2*1H. The van der Waals surface area contributed by atoms with E-state index in [1.54, 1.807) is 7.11 Å². The second-order valence-corrected chi connectivity index (χ2v) is 5.94. The number of nitrogens with zero attached hydrogens (tertiary/aromatic N) is 2. The fraction of sp³-hybridized carbons (Fsp3) is 0.692. The van der Waals surface area contributed by atoms with Crippen LogP contribution in [-0.4, -0.2) is 49.1 Å². The molecule has 122 valence electrons. The van der Waals surface area contributed by atoms with Gasteiger partial charge in [-0.05, 0) is 26.8 Å². The van der Waals surface area contributed by atoms with E-state index in [0.717, 1.165) is 35.1 Å². The lowest BCUT2D eigenvalue weighted by Gasteiger charge is -2.23. The second kappa shape index (κ2) is 8.90. The van der Waals surface area contributed by atoms with Crippen molar-refractivity contribution in [2.45, 2.75) is 32.4 Å². The van der Waals surface area contributed by atoms with Crippen molar-refractivity contribution in [1.29, 1.82) is 0 Å². The summed E-state index contributed by atoms with van der Waals surface area (Å²) < 4.78 is 5.26. The number of thiazole rings is 1. The van der Waals surface area contributed by atoms with Gasteiger partial charge in [-0.3, -0.25) is 4.79 Å². The van der Waals surface area contributed by atoms with Crippen molar-refractivity contribution in [3.63, 3.8) is 0 Å². The molecule has 0 spiro atoms. The molecule has 0 radical (unpaired) electrons. The van der Waals surface area contributed by atoms with Gasteiger partial charge in [-0.25, -0.2) is 4.98 Å². The van der Waals surface area contributed by atoms with Gasteiger partial charge in [-0.2, -0.15) is 0 Å². The number of carbonyl (C=O) groups is 1. The summed E-state index contributed by atoms with van der Waals surface area (Å²) in [7, 11) is 3.53. The molecule has 0 aromatic carbocycles. The van der Waals surface area contributed by atoms with Crippen LogP contribution < -0.4 is 5.32 Å². The van der Waals surface area contributed by atoms with Crippen LogP contribution in [0.1, 0.15) is 39.8 Å². The minimum Gasteiger partial charge on any atom is -0.375 e. The van der Waals surface area contributed by atoms with Crippen LogP contribution in [0.4, 0.5) is 0 Å². The molecule has 8 heteroatoms. The molecule has 1 N–H and O–H groups in total. The maximum Gasteiger partial charge on any atom is 0.265 e. The fourth-order valence-corrected chi connectivity index (χ4v) is 3.26. The Balaban J connectivity index is 0.00000200. The van der Waals surface area contributed by atoms with E-state index in [1.165, 1.54) is 11.3 Å². The highest BCUT2D eigenvalue weighted by molar-refractivity contribution is 7.13. The van der Waals surface area contributed by atoms with Gasteiger partial charge in [0.25, 0.3) is 5.91 Å². The van der Waals surface area contributed by atoms with Crippen molar-refractivity contribution in [2.75, 3.05) is 27.2 Å². The zero-order chi connectivity index (χ0) is 14.0. The normalized spacial score (nSPS) is 18.6.